The van der Waals surface area contributed by atoms with E-state index in [2.05, 4.69) is 5.32 Å². The van der Waals surface area contributed by atoms with Gasteiger partial charge in [0, 0.05) is 17.6 Å². The molecule has 0 heterocycles. The van der Waals surface area contributed by atoms with Crippen LogP contribution in [0.5, 0.6) is 0 Å². The van der Waals surface area contributed by atoms with Gasteiger partial charge in [0.1, 0.15) is 12.6 Å². The fourth-order valence-corrected chi connectivity index (χ4v) is 6.78. The maximum Gasteiger partial charge on any atom is 0.264 e. The molecular weight excluding hydrogens is 546 g/mol. The van der Waals surface area contributed by atoms with Crippen molar-refractivity contribution in [2.45, 2.75) is 69.5 Å². The summed E-state index contributed by atoms with van der Waals surface area (Å²) in [6, 6.07) is 21.6. The molecule has 3 aromatic carbocycles. The van der Waals surface area contributed by atoms with E-state index < -0.39 is 28.5 Å². The number of hydrogen-bond acceptors (Lipinski definition) is 4. The SMILES string of the molecule is CC[C@H](C(=O)NC1CCCC1)N(Cc1ccc(Cl)cc1)C(=O)CN(c1ccccc1C)S(=O)(=O)c1ccccc1. The molecule has 9 heteroatoms. The van der Waals surface area contributed by atoms with Gasteiger partial charge in [-0.05, 0) is 67.6 Å². The van der Waals surface area contributed by atoms with Crippen molar-refractivity contribution in [2.24, 2.45) is 0 Å². The first-order valence-corrected chi connectivity index (χ1v) is 15.5. The Balaban J connectivity index is 1.71. The number of anilines is 1. The Morgan fingerprint density at radius 3 is 2.20 bits per heavy atom. The first kappa shape index (κ1) is 29.6. The van der Waals surface area contributed by atoms with Crippen LogP contribution in [0.3, 0.4) is 0 Å². The third-order valence-electron chi connectivity index (χ3n) is 7.35. The highest BCUT2D eigenvalue weighted by molar-refractivity contribution is 7.92. The molecule has 1 saturated carbocycles. The number of carbonyl (C=O) groups excluding carboxylic acids is 2. The van der Waals surface area contributed by atoms with Gasteiger partial charge in [-0.1, -0.05) is 79.9 Å². The second-order valence-electron chi connectivity index (χ2n) is 10.2. The first-order valence-electron chi connectivity index (χ1n) is 13.7. The van der Waals surface area contributed by atoms with Gasteiger partial charge in [-0.25, -0.2) is 8.42 Å². The summed E-state index contributed by atoms with van der Waals surface area (Å²) in [6.07, 6.45) is 4.36. The van der Waals surface area contributed by atoms with Crippen LogP contribution in [-0.2, 0) is 26.2 Å². The minimum Gasteiger partial charge on any atom is -0.352 e. The van der Waals surface area contributed by atoms with Crippen molar-refractivity contribution >= 4 is 39.1 Å². The van der Waals surface area contributed by atoms with Crippen molar-refractivity contribution in [3.8, 4) is 0 Å². The summed E-state index contributed by atoms with van der Waals surface area (Å²) in [7, 11) is -4.09. The Bertz CT molecular complexity index is 1410. The molecule has 1 atom stereocenters. The smallest absolute Gasteiger partial charge is 0.264 e. The quantitative estimate of drug-likeness (QED) is 0.314. The van der Waals surface area contributed by atoms with Crippen LogP contribution in [0.15, 0.2) is 83.8 Å². The summed E-state index contributed by atoms with van der Waals surface area (Å²) in [5.74, 6) is -0.684. The molecule has 212 valence electrons. The van der Waals surface area contributed by atoms with Crippen molar-refractivity contribution in [1.82, 2.24) is 10.2 Å². The van der Waals surface area contributed by atoms with Crippen molar-refractivity contribution in [3.63, 3.8) is 0 Å². The number of para-hydroxylation sites is 1. The van der Waals surface area contributed by atoms with E-state index in [0.29, 0.717) is 22.7 Å². The molecule has 0 aliphatic heterocycles. The number of rotatable bonds is 11. The molecule has 0 bridgehead atoms. The molecule has 7 nitrogen and oxygen atoms in total. The van der Waals surface area contributed by atoms with Crippen molar-refractivity contribution in [2.75, 3.05) is 10.8 Å². The van der Waals surface area contributed by atoms with Gasteiger partial charge in [-0.3, -0.25) is 13.9 Å². The van der Waals surface area contributed by atoms with Crippen LogP contribution in [0, 0.1) is 6.92 Å². The van der Waals surface area contributed by atoms with Gasteiger partial charge in [0.25, 0.3) is 10.0 Å². The number of hydrogen-bond donors (Lipinski definition) is 1. The Morgan fingerprint density at radius 1 is 0.950 bits per heavy atom. The molecule has 1 N–H and O–H groups in total. The maximum absolute atomic E-state index is 14.1. The monoisotopic (exact) mass is 581 g/mol. The van der Waals surface area contributed by atoms with Gasteiger partial charge in [0.05, 0.1) is 10.6 Å². The zero-order chi connectivity index (χ0) is 28.7. The second-order valence-corrected chi connectivity index (χ2v) is 12.5. The summed E-state index contributed by atoms with van der Waals surface area (Å²) in [5, 5.41) is 3.69. The van der Waals surface area contributed by atoms with Crippen LogP contribution in [0.4, 0.5) is 5.69 Å². The number of nitrogens with one attached hydrogen (secondary N) is 1. The standard InChI is InChI=1S/C31H36ClN3O4S/c1-3-28(31(37)33-26-12-8-9-13-26)34(21-24-17-19-25(32)20-18-24)30(36)22-35(29-16-10-7-11-23(29)2)40(38,39)27-14-5-4-6-15-27/h4-7,10-11,14-20,26,28H,3,8-9,12-13,21-22H2,1-2H3,(H,33,37)/t28-/m1/s1. The van der Waals surface area contributed by atoms with Crippen molar-refractivity contribution in [3.05, 3.63) is 95.0 Å². The number of amides is 2. The van der Waals surface area contributed by atoms with Gasteiger partial charge >= 0.3 is 0 Å². The van der Waals surface area contributed by atoms with Crippen LogP contribution in [0.2, 0.25) is 5.02 Å². The molecule has 0 aromatic heterocycles. The van der Waals surface area contributed by atoms with E-state index in [4.69, 9.17) is 11.6 Å². The van der Waals surface area contributed by atoms with E-state index in [1.807, 2.05) is 38.1 Å². The number of nitrogens with zero attached hydrogens (tertiary/aromatic N) is 2. The molecular formula is C31H36ClN3O4S. The summed E-state index contributed by atoms with van der Waals surface area (Å²) in [5.41, 5.74) is 1.91. The molecule has 2 amide bonds. The molecule has 40 heavy (non-hydrogen) atoms. The van der Waals surface area contributed by atoms with Crippen molar-refractivity contribution < 1.29 is 18.0 Å². The van der Waals surface area contributed by atoms with Crippen LogP contribution in [0.25, 0.3) is 0 Å². The largest absolute Gasteiger partial charge is 0.352 e. The lowest BCUT2D eigenvalue weighted by atomic mass is 10.1. The van der Waals surface area contributed by atoms with Crippen molar-refractivity contribution in [1.29, 1.82) is 0 Å². The average molecular weight is 582 g/mol. The molecule has 4 rings (SSSR count). The highest BCUT2D eigenvalue weighted by atomic mass is 35.5. The van der Waals surface area contributed by atoms with Crippen LogP contribution in [0.1, 0.15) is 50.2 Å². The van der Waals surface area contributed by atoms with Gasteiger partial charge in [-0.2, -0.15) is 0 Å². The van der Waals surface area contributed by atoms with E-state index in [1.54, 1.807) is 42.5 Å². The first-order chi connectivity index (χ1) is 19.2. The van der Waals surface area contributed by atoms with Crippen LogP contribution < -0.4 is 9.62 Å². The number of benzene rings is 3. The fourth-order valence-electron chi connectivity index (χ4n) is 5.15. The number of carbonyl (C=O) groups is 2. The molecule has 0 unspecified atom stereocenters. The van der Waals surface area contributed by atoms with E-state index in [0.717, 1.165) is 35.6 Å². The third-order valence-corrected chi connectivity index (χ3v) is 9.37. The van der Waals surface area contributed by atoms with E-state index >= 15 is 0 Å². The molecule has 3 aromatic rings. The maximum atomic E-state index is 14.1. The van der Waals surface area contributed by atoms with Crippen LogP contribution >= 0.6 is 11.6 Å². The van der Waals surface area contributed by atoms with Gasteiger partial charge in [-0.15, -0.1) is 0 Å². The molecule has 0 saturated heterocycles. The third kappa shape index (κ3) is 7.04. The zero-order valence-electron chi connectivity index (χ0n) is 22.9. The van der Waals surface area contributed by atoms with E-state index in [-0.39, 0.29) is 23.4 Å². The highest BCUT2D eigenvalue weighted by Gasteiger charge is 2.34. The summed E-state index contributed by atoms with van der Waals surface area (Å²) in [6.45, 7) is 3.35. The summed E-state index contributed by atoms with van der Waals surface area (Å²) >= 11 is 6.09. The number of halogens is 1. The molecule has 1 fully saturated rings. The van der Waals surface area contributed by atoms with Gasteiger partial charge < -0.3 is 10.2 Å². The van der Waals surface area contributed by atoms with E-state index in [9.17, 15) is 18.0 Å². The Kier molecular flexibility index (Phi) is 9.87. The number of aryl methyl sites for hydroxylation is 1. The van der Waals surface area contributed by atoms with Gasteiger partial charge in [0.2, 0.25) is 11.8 Å². The lowest BCUT2D eigenvalue weighted by Gasteiger charge is -2.34. The predicted molar refractivity (Wildman–Crippen MR) is 159 cm³/mol. The fraction of sp³-hybridized carbons (Fsp3) is 0.355. The Hall–Kier alpha value is -3.36. The highest BCUT2D eigenvalue weighted by Crippen LogP contribution is 2.28. The lowest BCUT2D eigenvalue weighted by molar-refractivity contribution is -0.140. The Labute approximate surface area is 242 Å². The Morgan fingerprint density at radius 2 is 1.57 bits per heavy atom. The summed E-state index contributed by atoms with van der Waals surface area (Å²) in [4.78, 5) is 29.2. The molecule has 1 aliphatic carbocycles. The molecule has 1 aliphatic rings. The van der Waals surface area contributed by atoms with Crippen LogP contribution in [-0.4, -0.2) is 43.8 Å². The number of sulfonamides is 1. The summed E-state index contributed by atoms with van der Waals surface area (Å²) < 4.78 is 29.0. The van der Waals surface area contributed by atoms with E-state index in [1.165, 1.54) is 17.0 Å². The molecule has 0 radical (unpaired) electrons. The zero-order valence-corrected chi connectivity index (χ0v) is 24.5. The minimum absolute atomic E-state index is 0.0846. The lowest BCUT2D eigenvalue weighted by Crippen LogP contribution is -2.53. The molecule has 0 spiro atoms. The topological polar surface area (TPSA) is 86.8 Å². The normalized spacial score (nSPS) is 14.5. The predicted octanol–water partition coefficient (Wildman–Crippen LogP) is 5.71. The minimum atomic E-state index is -4.09. The average Bonchev–Trinajstić information content (AvgIpc) is 3.46. The second kappa shape index (κ2) is 13.3. The van der Waals surface area contributed by atoms with Gasteiger partial charge in [0.15, 0.2) is 0 Å².